The van der Waals surface area contributed by atoms with Crippen molar-refractivity contribution in [2.24, 2.45) is 5.73 Å². The summed E-state index contributed by atoms with van der Waals surface area (Å²) in [7, 11) is 0. The molecule has 0 aromatic heterocycles. The fourth-order valence-electron chi connectivity index (χ4n) is 1.46. The summed E-state index contributed by atoms with van der Waals surface area (Å²) >= 11 is 0. The van der Waals surface area contributed by atoms with Gasteiger partial charge in [-0.15, -0.1) is 0 Å². The van der Waals surface area contributed by atoms with E-state index in [1.165, 1.54) is 0 Å². The normalized spacial score (nSPS) is 31.6. The fraction of sp³-hybridized carbons (Fsp3) is 0.875. The van der Waals surface area contributed by atoms with Crippen molar-refractivity contribution in [3.05, 3.63) is 0 Å². The molecule has 0 bridgehead atoms. The molecule has 0 saturated carbocycles. The molecular weight excluding hydrogens is 140 g/mol. The highest BCUT2D eigenvalue weighted by atomic mass is 16.2. The minimum atomic E-state index is -0.261. The van der Waals surface area contributed by atoms with Gasteiger partial charge in [-0.3, -0.25) is 4.79 Å². The maximum absolute atomic E-state index is 11.0. The van der Waals surface area contributed by atoms with Gasteiger partial charge in [-0.05, 0) is 19.3 Å². The summed E-state index contributed by atoms with van der Waals surface area (Å²) in [4.78, 5) is 11.0. The van der Waals surface area contributed by atoms with Crippen molar-refractivity contribution in [3.63, 3.8) is 0 Å². The molecule has 3 nitrogen and oxygen atoms in total. The lowest BCUT2D eigenvalue weighted by Crippen LogP contribution is -2.50. The monoisotopic (exact) mass is 156 g/mol. The van der Waals surface area contributed by atoms with Crippen molar-refractivity contribution in [3.8, 4) is 0 Å². The molecule has 0 radical (unpaired) electrons. The Morgan fingerprint density at radius 1 is 1.64 bits per heavy atom. The molecule has 1 heterocycles. The van der Waals surface area contributed by atoms with E-state index in [1.54, 1.807) is 0 Å². The Balaban J connectivity index is 2.34. The van der Waals surface area contributed by atoms with Crippen LogP contribution in [-0.2, 0) is 4.79 Å². The van der Waals surface area contributed by atoms with Gasteiger partial charge in [0, 0.05) is 6.04 Å². The highest BCUT2D eigenvalue weighted by Gasteiger charge is 2.23. The van der Waals surface area contributed by atoms with Crippen molar-refractivity contribution >= 4 is 5.91 Å². The molecule has 11 heavy (non-hydrogen) atoms. The van der Waals surface area contributed by atoms with Crippen LogP contribution in [0.5, 0.6) is 0 Å². The number of rotatable bonds is 2. The molecule has 1 aliphatic heterocycles. The molecule has 0 aromatic rings. The number of nitrogens with two attached hydrogens (primary N) is 1. The van der Waals surface area contributed by atoms with Crippen LogP contribution >= 0.6 is 0 Å². The molecule has 0 spiro atoms. The summed E-state index contributed by atoms with van der Waals surface area (Å²) < 4.78 is 0. The van der Waals surface area contributed by atoms with Gasteiger partial charge in [0.1, 0.15) is 0 Å². The molecule has 0 aromatic carbocycles. The van der Waals surface area contributed by atoms with Gasteiger partial charge in [-0.2, -0.15) is 0 Å². The van der Waals surface area contributed by atoms with Crippen LogP contribution in [0.15, 0.2) is 0 Å². The van der Waals surface area contributed by atoms with E-state index >= 15 is 0 Å². The van der Waals surface area contributed by atoms with Crippen molar-refractivity contribution in [2.45, 2.75) is 44.7 Å². The van der Waals surface area contributed by atoms with Gasteiger partial charge < -0.3 is 11.1 Å². The molecule has 1 fully saturated rings. The molecule has 1 amide bonds. The van der Waals surface area contributed by atoms with Crippen LogP contribution in [0.3, 0.4) is 0 Å². The molecule has 2 unspecified atom stereocenters. The number of hydrogen-bond acceptors (Lipinski definition) is 2. The summed E-state index contributed by atoms with van der Waals surface area (Å²) in [5.74, 6) is 0.0229. The van der Waals surface area contributed by atoms with Gasteiger partial charge in [-0.1, -0.05) is 13.3 Å². The first-order valence-electron chi connectivity index (χ1n) is 4.30. The molecule has 3 N–H and O–H groups in total. The van der Waals surface area contributed by atoms with E-state index in [9.17, 15) is 4.79 Å². The summed E-state index contributed by atoms with van der Waals surface area (Å²) in [6, 6.07) is 0.121. The predicted molar refractivity (Wildman–Crippen MR) is 44.0 cm³/mol. The van der Waals surface area contributed by atoms with E-state index < -0.39 is 0 Å². The van der Waals surface area contributed by atoms with Crippen LogP contribution in [0.1, 0.15) is 32.6 Å². The van der Waals surface area contributed by atoms with Crippen LogP contribution in [-0.4, -0.2) is 18.0 Å². The lowest BCUT2D eigenvalue weighted by Gasteiger charge is -2.26. The maximum Gasteiger partial charge on any atom is 0.237 e. The molecule has 3 heteroatoms. The van der Waals surface area contributed by atoms with Crippen LogP contribution < -0.4 is 11.1 Å². The molecule has 1 aliphatic rings. The van der Waals surface area contributed by atoms with E-state index in [0.29, 0.717) is 6.04 Å². The topological polar surface area (TPSA) is 55.1 Å². The Hall–Kier alpha value is -0.570. The van der Waals surface area contributed by atoms with E-state index in [0.717, 1.165) is 25.7 Å². The second kappa shape index (κ2) is 3.72. The van der Waals surface area contributed by atoms with Crippen molar-refractivity contribution in [1.82, 2.24) is 5.32 Å². The highest BCUT2D eigenvalue weighted by molar-refractivity contribution is 5.82. The van der Waals surface area contributed by atoms with Gasteiger partial charge in [-0.25, -0.2) is 0 Å². The lowest BCUT2D eigenvalue weighted by molar-refractivity contribution is -0.124. The number of piperidine rings is 1. The third kappa shape index (κ3) is 2.19. The average molecular weight is 156 g/mol. The first-order chi connectivity index (χ1) is 5.24. The molecule has 1 rings (SSSR count). The molecule has 0 aliphatic carbocycles. The number of carbonyl (C=O) groups is 1. The van der Waals surface area contributed by atoms with Crippen molar-refractivity contribution in [2.75, 3.05) is 0 Å². The first kappa shape index (κ1) is 8.53. The summed E-state index contributed by atoms with van der Waals surface area (Å²) in [6.45, 7) is 2.13. The highest BCUT2D eigenvalue weighted by Crippen LogP contribution is 2.11. The van der Waals surface area contributed by atoms with Crippen LogP contribution in [0.2, 0.25) is 0 Å². The zero-order valence-electron chi connectivity index (χ0n) is 6.97. The number of carbonyl (C=O) groups excluding carboxylic acids is 1. The van der Waals surface area contributed by atoms with Crippen LogP contribution in [0.4, 0.5) is 0 Å². The standard InChI is InChI=1S/C8H16N2O/c1-2-3-6-4-5-7(9)8(11)10-6/h6-7H,2-5,9H2,1H3,(H,10,11). The number of amides is 1. The van der Waals surface area contributed by atoms with Crippen molar-refractivity contribution in [1.29, 1.82) is 0 Å². The quantitative estimate of drug-likeness (QED) is 0.607. The Kier molecular flexibility index (Phi) is 2.88. The molecule has 2 atom stereocenters. The van der Waals surface area contributed by atoms with E-state index in [2.05, 4.69) is 12.2 Å². The average Bonchev–Trinajstić information content (AvgIpc) is 1.98. The third-order valence-corrected chi connectivity index (χ3v) is 2.15. The Morgan fingerprint density at radius 2 is 2.36 bits per heavy atom. The van der Waals surface area contributed by atoms with E-state index in [4.69, 9.17) is 5.73 Å². The van der Waals surface area contributed by atoms with Crippen LogP contribution in [0, 0.1) is 0 Å². The Bertz CT molecular complexity index is 147. The zero-order valence-corrected chi connectivity index (χ0v) is 6.97. The second-order valence-electron chi connectivity index (χ2n) is 3.18. The summed E-state index contributed by atoms with van der Waals surface area (Å²) in [5, 5.41) is 2.90. The smallest absolute Gasteiger partial charge is 0.237 e. The minimum absolute atomic E-state index is 0.0229. The van der Waals surface area contributed by atoms with Gasteiger partial charge in [0.05, 0.1) is 6.04 Å². The van der Waals surface area contributed by atoms with E-state index in [1.807, 2.05) is 0 Å². The lowest BCUT2D eigenvalue weighted by atomic mass is 9.98. The molecular formula is C8H16N2O. The maximum atomic E-state index is 11.0. The largest absolute Gasteiger partial charge is 0.352 e. The Morgan fingerprint density at radius 3 is 2.91 bits per heavy atom. The van der Waals surface area contributed by atoms with Crippen molar-refractivity contribution < 1.29 is 4.79 Å². The number of nitrogens with one attached hydrogen (secondary N) is 1. The zero-order chi connectivity index (χ0) is 8.27. The summed E-state index contributed by atoms with van der Waals surface area (Å²) in [6.07, 6.45) is 4.09. The van der Waals surface area contributed by atoms with Crippen LogP contribution in [0.25, 0.3) is 0 Å². The van der Waals surface area contributed by atoms with E-state index in [-0.39, 0.29) is 11.9 Å². The van der Waals surface area contributed by atoms with Gasteiger partial charge >= 0.3 is 0 Å². The Labute approximate surface area is 67.3 Å². The molecule has 1 saturated heterocycles. The second-order valence-corrected chi connectivity index (χ2v) is 3.18. The fourth-order valence-corrected chi connectivity index (χ4v) is 1.46. The first-order valence-corrected chi connectivity index (χ1v) is 4.30. The number of hydrogen-bond donors (Lipinski definition) is 2. The van der Waals surface area contributed by atoms with Gasteiger partial charge in [0.25, 0.3) is 0 Å². The third-order valence-electron chi connectivity index (χ3n) is 2.15. The summed E-state index contributed by atoms with van der Waals surface area (Å²) in [5.41, 5.74) is 5.52. The minimum Gasteiger partial charge on any atom is -0.352 e. The predicted octanol–water partition coefficient (Wildman–Crippen LogP) is 0.392. The molecule has 64 valence electrons. The van der Waals surface area contributed by atoms with Gasteiger partial charge in [0.15, 0.2) is 0 Å². The van der Waals surface area contributed by atoms with Gasteiger partial charge in [0.2, 0.25) is 5.91 Å². The SMILES string of the molecule is CCCC1CCC(N)C(=O)N1.